The highest BCUT2D eigenvalue weighted by molar-refractivity contribution is 9.10. The van der Waals surface area contributed by atoms with Crippen LogP contribution in [0.3, 0.4) is 0 Å². The molecule has 0 spiro atoms. The highest BCUT2D eigenvalue weighted by Crippen LogP contribution is 2.33. The lowest BCUT2D eigenvalue weighted by Crippen LogP contribution is -2.07. The van der Waals surface area contributed by atoms with Crippen molar-refractivity contribution in [2.24, 2.45) is 5.41 Å². The average Bonchev–Trinajstić information content (AvgIpc) is 2.47. The molecule has 23 heavy (non-hydrogen) atoms. The summed E-state index contributed by atoms with van der Waals surface area (Å²) in [4.78, 5) is 4.12. The molecule has 1 aromatic heterocycles. The number of rotatable bonds is 5. The zero-order valence-corrected chi connectivity index (χ0v) is 15.8. The van der Waals surface area contributed by atoms with Crippen molar-refractivity contribution in [2.45, 2.75) is 47.1 Å². The molecular weight excluding hydrogens is 354 g/mol. The van der Waals surface area contributed by atoms with E-state index in [2.05, 4.69) is 41.7 Å². The van der Waals surface area contributed by atoms with E-state index in [0.29, 0.717) is 18.1 Å². The van der Waals surface area contributed by atoms with Crippen molar-refractivity contribution in [3.05, 3.63) is 51.8 Å². The maximum Gasteiger partial charge on any atom is 0.126 e. The molecule has 0 aliphatic carbocycles. The van der Waals surface area contributed by atoms with Crippen LogP contribution in [0.4, 0.5) is 0 Å². The van der Waals surface area contributed by atoms with Crippen LogP contribution in [0.15, 0.2) is 35.1 Å². The molecule has 0 aliphatic rings. The van der Waals surface area contributed by atoms with E-state index in [1.807, 2.05) is 25.1 Å². The van der Waals surface area contributed by atoms with E-state index in [-0.39, 0.29) is 5.41 Å². The fourth-order valence-corrected chi connectivity index (χ4v) is 2.71. The van der Waals surface area contributed by atoms with Crippen LogP contribution in [-0.2, 0) is 13.0 Å². The topological polar surface area (TPSA) is 42.4 Å². The predicted octanol–water partition coefficient (Wildman–Crippen LogP) is 5.42. The number of aryl methyl sites for hydroxylation is 1. The van der Waals surface area contributed by atoms with Gasteiger partial charge in [-0.15, -0.1) is 0 Å². The Balaban J connectivity index is 2.07. The van der Waals surface area contributed by atoms with Crippen molar-refractivity contribution in [1.29, 1.82) is 0 Å². The molecule has 3 nitrogen and oxygen atoms in total. The number of nitrogens with zero attached hydrogens (tertiary/aromatic N) is 1. The van der Waals surface area contributed by atoms with Crippen LogP contribution in [0.1, 0.15) is 43.9 Å². The molecule has 0 saturated carbocycles. The summed E-state index contributed by atoms with van der Waals surface area (Å²) in [5.41, 5.74) is 3.01. The second-order valence-corrected chi connectivity index (χ2v) is 7.97. The SMILES string of the molecule is Cc1c(OCc2cncc(Br)c2)ccc(CCC(C)(C)C)c1O. The van der Waals surface area contributed by atoms with Crippen molar-refractivity contribution < 1.29 is 9.84 Å². The molecule has 1 N–H and O–H groups in total. The van der Waals surface area contributed by atoms with Gasteiger partial charge in [0, 0.05) is 28.0 Å². The van der Waals surface area contributed by atoms with Gasteiger partial charge in [-0.2, -0.15) is 0 Å². The number of hydrogen-bond donors (Lipinski definition) is 1. The predicted molar refractivity (Wildman–Crippen MR) is 96.9 cm³/mol. The van der Waals surface area contributed by atoms with Gasteiger partial charge in [0.05, 0.1) is 0 Å². The minimum atomic E-state index is 0.253. The Morgan fingerprint density at radius 2 is 1.96 bits per heavy atom. The Hall–Kier alpha value is -1.55. The average molecular weight is 378 g/mol. The van der Waals surface area contributed by atoms with Crippen LogP contribution in [-0.4, -0.2) is 10.1 Å². The van der Waals surface area contributed by atoms with E-state index in [0.717, 1.165) is 34.0 Å². The first-order chi connectivity index (χ1) is 10.8. The summed E-state index contributed by atoms with van der Waals surface area (Å²) >= 11 is 3.40. The van der Waals surface area contributed by atoms with Crippen molar-refractivity contribution in [3.8, 4) is 11.5 Å². The summed E-state index contributed by atoms with van der Waals surface area (Å²) in [6, 6.07) is 5.88. The number of aromatic nitrogens is 1. The number of hydrogen-bond acceptors (Lipinski definition) is 3. The summed E-state index contributed by atoms with van der Waals surface area (Å²) in [5, 5.41) is 10.4. The molecule has 0 radical (unpaired) electrons. The monoisotopic (exact) mass is 377 g/mol. The molecule has 0 atom stereocenters. The summed E-state index contributed by atoms with van der Waals surface area (Å²) in [6.45, 7) is 8.94. The third-order valence-corrected chi connectivity index (χ3v) is 4.20. The van der Waals surface area contributed by atoms with Gasteiger partial charge in [0.15, 0.2) is 0 Å². The highest BCUT2D eigenvalue weighted by Gasteiger charge is 2.14. The van der Waals surface area contributed by atoms with Gasteiger partial charge >= 0.3 is 0 Å². The number of aromatic hydroxyl groups is 1. The number of pyridine rings is 1. The summed E-state index contributed by atoms with van der Waals surface area (Å²) in [5.74, 6) is 1.06. The maximum absolute atomic E-state index is 10.4. The van der Waals surface area contributed by atoms with E-state index in [4.69, 9.17) is 4.74 Å². The lowest BCUT2D eigenvalue weighted by atomic mass is 9.88. The molecule has 4 heteroatoms. The van der Waals surface area contributed by atoms with Crippen LogP contribution < -0.4 is 4.74 Å². The first-order valence-electron chi connectivity index (χ1n) is 7.80. The summed E-state index contributed by atoms with van der Waals surface area (Å²) < 4.78 is 6.76. The van der Waals surface area contributed by atoms with Crippen LogP contribution in [0.2, 0.25) is 0 Å². The third kappa shape index (κ3) is 5.24. The molecule has 0 bridgehead atoms. The van der Waals surface area contributed by atoms with Crippen LogP contribution >= 0.6 is 15.9 Å². The fourth-order valence-electron chi connectivity index (χ4n) is 2.30. The first kappa shape index (κ1) is 17.8. The van der Waals surface area contributed by atoms with E-state index in [9.17, 15) is 5.11 Å². The van der Waals surface area contributed by atoms with E-state index < -0.39 is 0 Å². The van der Waals surface area contributed by atoms with Crippen molar-refractivity contribution in [2.75, 3.05) is 0 Å². The lowest BCUT2D eigenvalue weighted by molar-refractivity contribution is 0.300. The smallest absolute Gasteiger partial charge is 0.126 e. The Morgan fingerprint density at radius 1 is 1.22 bits per heavy atom. The van der Waals surface area contributed by atoms with Crippen LogP contribution in [0.25, 0.3) is 0 Å². The molecule has 2 aromatic rings. The molecular formula is C19H24BrNO2. The molecule has 124 valence electrons. The minimum absolute atomic E-state index is 0.253. The summed E-state index contributed by atoms with van der Waals surface area (Å²) in [6.07, 6.45) is 5.41. The molecule has 0 amide bonds. The van der Waals surface area contributed by atoms with Gasteiger partial charge in [0.25, 0.3) is 0 Å². The van der Waals surface area contributed by atoms with Gasteiger partial charge in [-0.1, -0.05) is 26.8 Å². The van der Waals surface area contributed by atoms with E-state index in [1.165, 1.54) is 0 Å². The largest absolute Gasteiger partial charge is 0.507 e. The highest BCUT2D eigenvalue weighted by atomic mass is 79.9. The molecule has 1 aromatic carbocycles. The third-order valence-electron chi connectivity index (χ3n) is 3.77. The van der Waals surface area contributed by atoms with Crippen LogP contribution in [0, 0.1) is 12.3 Å². The molecule has 0 unspecified atom stereocenters. The Morgan fingerprint density at radius 3 is 2.61 bits per heavy atom. The van der Waals surface area contributed by atoms with Crippen molar-refractivity contribution >= 4 is 15.9 Å². The van der Waals surface area contributed by atoms with Crippen LogP contribution in [0.5, 0.6) is 11.5 Å². The van der Waals surface area contributed by atoms with Gasteiger partial charge in [-0.3, -0.25) is 4.98 Å². The number of halogens is 1. The van der Waals surface area contributed by atoms with E-state index in [1.54, 1.807) is 12.4 Å². The van der Waals surface area contributed by atoms with Crippen molar-refractivity contribution in [3.63, 3.8) is 0 Å². The van der Waals surface area contributed by atoms with Crippen molar-refractivity contribution in [1.82, 2.24) is 4.98 Å². The molecule has 0 fully saturated rings. The fraction of sp³-hybridized carbons (Fsp3) is 0.421. The summed E-state index contributed by atoms with van der Waals surface area (Å²) in [7, 11) is 0. The Bertz CT molecular complexity index is 678. The number of phenols is 1. The van der Waals surface area contributed by atoms with E-state index >= 15 is 0 Å². The normalized spacial score (nSPS) is 11.5. The standard InChI is InChI=1S/C19H24BrNO2/c1-13-17(23-12-14-9-16(20)11-21-10-14)6-5-15(18(13)22)7-8-19(2,3)4/h5-6,9-11,22H,7-8,12H2,1-4H3. The zero-order valence-electron chi connectivity index (χ0n) is 14.2. The number of benzene rings is 1. The van der Waals surface area contributed by atoms with Gasteiger partial charge < -0.3 is 9.84 Å². The second-order valence-electron chi connectivity index (χ2n) is 7.06. The van der Waals surface area contributed by atoms with Gasteiger partial charge in [0.2, 0.25) is 0 Å². The zero-order chi connectivity index (χ0) is 17.0. The Labute approximate surface area is 146 Å². The van der Waals surface area contributed by atoms with Gasteiger partial charge in [-0.05, 0) is 58.8 Å². The maximum atomic E-state index is 10.4. The molecule has 0 saturated heterocycles. The first-order valence-corrected chi connectivity index (χ1v) is 8.59. The van der Waals surface area contributed by atoms with Gasteiger partial charge in [0.1, 0.15) is 18.1 Å². The number of phenolic OH excluding ortho intramolecular Hbond substituents is 1. The molecule has 0 aliphatic heterocycles. The minimum Gasteiger partial charge on any atom is -0.507 e. The Kier molecular flexibility index (Phi) is 5.69. The molecule has 2 rings (SSSR count). The second kappa shape index (κ2) is 7.35. The molecule has 1 heterocycles. The lowest BCUT2D eigenvalue weighted by Gasteiger charge is -2.19. The van der Waals surface area contributed by atoms with Gasteiger partial charge in [-0.25, -0.2) is 0 Å². The quantitative estimate of drug-likeness (QED) is 0.756. The number of ether oxygens (including phenoxy) is 1.